The Kier molecular flexibility index (Phi) is 5.82. The Balaban J connectivity index is 1.64. The van der Waals surface area contributed by atoms with Crippen molar-refractivity contribution in [1.82, 2.24) is 4.98 Å². The lowest BCUT2D eigenvalue weighted by molar-refractivity contribution is -0.170. The molecule has 0 atom stereocenters. The highest BCUT2D eigenvalue weighted by atomic mass is 16.6. The topological polar surface area (TPSA) is 73.6 Å². The quantitative estimate of drug-likeness (QED) is 0.568. The molecule has 1 aromatic heterocycles. The van der Waals surface area contributed by atoms with Gasteiger partial charge in [-0.05, 0) is 64.8 Å². The second kappa shape index (κ2) is 8.15. The summed E-state index contributed by atoms with van der Waals surface area (Å²) >= 11 is 0. The number of anilines is 1. The second-order valence-electron chi connectivity index (χ2n) is 8.39. The first-order chi connectivity index (χ1) is 13.6. The molecule has 0 fully saturated rings. The number of hydrogen-bond acceptors (Lipinski definition) is 6. The molecule has 0 bridgehead atoms. The molecule has 1 heterocycles. The molecule has 0 radical (unpaired) electrons. The molecule has 0 spiro atoms. The molecular weight excluding hydrogens is 368 g/mol. The van der Waals surface area contributed by atoms with Gasteiger partial charge < -0.3 is 19.2 Å². The number of fused-ring (bicyclic) bond motifs is 1. The molecule has 0 saturated carbocycles. The lowest BCUT2D eigenvalue weighted by Crippen LogP contribution is -2.43. The van der Waals surface area contributed by atoms with Crippen LogP contribution in [0.1, 0.15) is 40.2 Å². The lowest BCUT2D eigenvalue weighted by Gasteiger charge is -2.29. The number of ether oxygens (including phenoxy) is 2. The standard InChI is InChI=1S/C23H28N2O4/c1-22(2,3)29-20(26)23(4,5)28-18-12-8-6-10-16(18)14-15-24-21-25-17-11-7-9-13-19(17)27-21/h6-13H,14-15H2,1-5H3,(H,24,25). The predicted octanol–water partition coefficient (Wildman–Crippen LogP) is 4.98. The molecule has 0 unspecified atom stereocenters. The van der Waals surface area contributed by atoms with Crippen molar-refractivity contribution in [1.29, 1.82) is 0 Å². The van der Waals surface area contributed by atoms with Crippen LogP contribution in [0.15, 0.2) is 52.9 Å². The second-order valence-corrected chi connectivity index (χ2v) is 8.39. The molecule has 0 aliphatic carbocycles. The van der Waals surface area contributed by atoms with Gasteiger partial charge in [0.1, 0.15) is 16.9 Å². The molecular formula is C23H28N2O4. The normalized spacial score (nSPS) is 12.0. The number of hydrogen-bond donors (Lipinski definition) is 1. The van der Waals surface area contributed by atoms with Gasteiger partial charge in [-0.25, -0.2) is 4.79 Å². The number of oxazole rings is 1. The van der Waals surface area contributed by atoms with Crippen LogP contribution < -0.4 is 10.1 Å². The highest BCUT2D eigenvalue weighted by Gasteiger charge is 2.35. The molecule has 0 saturated heterocycles. The van der Waals surface area contributed by atoms with E-state index in [2.05, 4.69) is 10.3 Å². The Morgan fingerprint density at radius 3 is 2.45 bits per heavy atom. The third-order valence-electron chi connectivity index (χ3n) is 4.19. The lowest BCUT2D eigenvalue weighted by atomic mass is 10.1. The van der Waals surface area contributed by atoms with Crippen molar-refractivity contribution in [2.75, 3.05) is 11.9 Å². The van der Waals surface area contributed by atoms with Gasteiger partial charge in [0.15, 0.2) is 11.2 Å². The van der Waals surface area contributed by atoms with Crippen LogP contribution in [0.5, 0.6) is 5.75 Å². The zero-order chi connectivity index (χ0) is 21.1. The van der Waals surface area contributed by atoms with E-state index in [4.69, 9.17) is 13.9 Å². The van der Waals surface area contributed by atoms with Crippen molar-refractivity contribution < 1.29 is 18.7 Å². The van der Waals surface area contributed by atoms with Gasteiger partial charge >= 0.3 is 5.97 Å². The number of benzene rings is 2. The molecule has 154 valence electrons. The zero-order valence-corrected chi connectivity index (χ0v) is 17.6. The van der Waals surface area contributed by atoms with Gasteiger partial charge in [-0.15, -0.1) is 0 Å². The smallest absolute Gasteiger partial charge is 0.350 e. The number of para-hydroxylation sites is 3. The highest BCUT2D eigenvalue weighted by Crippen LogP contribution is 2.26. The Labute approximate surface area is 171 Å². The van der Waals surface area contributed by atoms with E-state index in [0.717, 1.165) is 16.7 Å². The van der Waals surface area contributed by atoms with Crippen LogP contribution in [0.3, 0.4) is 0 Å². The molecule has 1 N–H and O–H groups in total. The molecule has 2 aromatic carbocycles. The van der Waals surface area contributed by atoms with Gasteiger partial charge in [0, 0.05) is 6.54 Å². The zero-order valence-electron chi connectivity index (χ0n) is 17.6. The van der Waals surface area contributed by atoms with Crippen molar-refractivity contribution >= 4 is 23.1 Å². The number of esters is 1. The number of carbonyl (C=O) groups is 1. The van der Waals surface area contributed by atoms with Crippen molar-refractivity contribution in [3.8, 4) is 5.75 Å². The largest absolute Gasteiger partial charge is 0.476 e. The minimum Gasteiger partial charge on any atom is -0.476 e. The number of aromatic nitrogens is 1. The fourth-order valence-corrected chi connectivity index (χ4v) is 2.78. The predicted molar refractivity (Wildman–Crippen MR) is 113 cm³/mol. The van der Waals surface area contributed by atoms with Crippen molar-refractivity contribution in [3.05, 3.63) is 54.1 Å². The van der Waals surface area contributed by atoms with Gasteiger partial charge in [0.05, 0.1) is 0 Å². The van der Waals surface area contributed by atoms with E-state index in [0.29, 0.717) is 24.7 Å². The van der Waals surface area contributed by atoms with Crippen molar-refractivity contribution in [2.24, 2.45) is 0 Å². The molecule has 0 aliphatic heterocycles. The SMILES string of the molecule is CC(C)(C)OC(=O)C(C)(C)Oc1ccccc1CCNc1nc2ccccc2o1. The van der Waals surface area contributed by atoms with Crippen LogP contribution >= 0.6 is 0 Å². The summed E-state index contributed by atoms with van der Waals surface area (Å²) in [6, 6.07) is 15.8. The number of nitrogens with zero attached hydrogens (tertiary/aromatic N) is 1. The van der Waals surface area contributed by atoms with Crippen LogP contribution in [-0.4, -0.2) is 28.7 Å². The summed E-state index contributed by atoms with van der Waals surface area (Å²) in [5, 5.41) is 3.20. The summed E-state index contributed by atoms with van der Waals surface area (Å²) in [5.74, 6) is 0.257. The first-order valence-corrected chi connectivity index (χ1v) is 9.74. The minimum absolute atomic E-state index is 0.399. The fourth-order valence-electron chi connectivity index (χ4n) is 2.78. The Hall–Kier alpha value is -3.02. The van der Waals surface area contributed by atoms with E-state index in [1.165, 1.54) is 0 Å². The van der Waals surface area contributed by atoms with Crippen LogP contribution in [0.2, 0.25) is 0 Å². The van der Waals surface area contributed by atoms with Crippen molar-refractivity contribution in [3.63, 3.8) is 0 Å². The average Bonchev–Trinajstić information content (AvgIpc) is 3.04. The summed E-state index contributed by atoms with van der Waals surface area (Å²) in [4.78, 5) is 16.9. The molecule has 3 rings (SSSR count). The Bertz CT molecular complexity index is 953. The third kappa shape index (κ3) is 5.50. The average molecular weight is 396 g/mol. The molecule has 6 nitrogen and oxygen atoms in total. The molecule has 0 amide bonds. The van der Waals surface area contributed by atoms with Crippen molar-refractivity contribution in [2.45, 2.75) is 52.2 Å². The van der Waals surface area contributed by atoms with Gasteiger partial charge in [0.25, 0.3) is 6.01 Å². The maximum absolute atomic E-state index is 12.5. The first-order valence-electron chi connectivity index (χ1n) is 9.74. The summed E-state index contributed by atoms with van der Waals surface area (Å²) in [7, 11) is 0. The van der Waals surface area contributed by atoms with E-state index in [1.807, 2.05) is 69.3 Å². The fraction of sp³-hybridized carbons (Fsp3) is 0.391. The minimum atomic E-state index is -1.10. The number of nitrogens with one attached hydrogen (secondary N) is 1. The van der Waals surface area contributed by atoms with Gasteiger partial charge in [0.2, 0.25) is 0 Å². The first kappa shape index (κ1) is 20.7. The highest BCUT2D eigenvalue weighted by molar-refractivity contribution is 5.79. The molecule has 0 aliphatic rings. The van der Waals surface area contributed by atoms with E-state index >= 15 is 0 Å². The summed E-state index contributed by atoms with van der Waals surface area (Å²) in [5.41, 5.74) is 0.876. The van der Waals surface area contributed by atoms with Gasteiger partial charge in [-0.1, -0.05) is 30.3 Å². The Morgan fingerprint density at radius 2 is 1.72 bits per heavy atom. The van der Waals surface area contributed by atoms with Crippen LogP contribution in [0.25, 0.3) is 11.1 Å². The van der Waals surface area contributed by atoms with E-state index in [1.54, 1.807) is 13.8 Å². The maximum atomic E-state index is 12.5. The molecule has 29 heavy (non-hydrogen) atoms. The van der Waals surface area contributed by atoms with Crippen LogP contribution in [0.4, 0.5) is 6.01 Å². The van der Waals surface area contributed by atoms with Gasteiger partial charge in [-0.3, -0.25) is 0 Å². The Morgan fingerprint density at radius 1 is 1.03 bits per heavy atom. The molecule has 6 heteroatoms. The van der Waals surface area contributed by atoms with Gasteiger partial charge in [-0.2, -0.15) is 4.98 Å². The number of rotatable bonds is 7. The van der Waals surface area contributed by atoms with Crippen LogP contribution in [0, 0.1) is 0 Å². The summed E-state index contributed by atoms with van der Waals surface area (Å²) in [6.07, 6.45) is 0.680. The summed E-state index contributed by atoms with van der Waals surface area (Å²) in [6.45, 7) is 9.56. The number of carbonyl (C=O) groups excluding carboxylic acids is 1. The van der Waals surface area contributed by atoms with E-state index < -0.39 is 17.2 Å². The third-order valence-corrected chi connectivity index (χ3v) is 4.19. The molecule has 3 aromatic rings. The monoisotopic (exact) mass is 396 g/mol. The van der Waals surface area contributed by atoms with E-state index in [-0.39, 0.29) is 0 Å². The summed E-state index contributed by atoms with van der Waals surface area (Å²) < 4.78 is 17.2. The maximum Gasteiger partial charge on any atom is 0.350 e. The van der Waals surface area contributed by atoms with E-state index in [9.17, 15) is 4.79 Å². The van der Waals surface area contributed by atoms with Crippen LogP contribution in [-0.2, 0) is 16.0 Å².